The van der Waals surface area contributed by atoms with Gasteiger partial charge in [0.2, 0.25) is 10.0 Å². The van der Waals surface area contributed by atoms with Gasteiger partial charge in [0.1, 0.15) is 5.75 Å². The first-order valence-electron chi connectivity index (χ1n) is 15.3. The number of aliphatic hydroxyl groups is 1. The average Bonchev–Trinajstić information content (AvgIpc) is 3.06. The van der Waals surface area contributed by atoms with Crippen LogP contribution in [0, 0.1) is 17.8 Å². The third kappa shape index (κ3) is 5.58. The number of hydrogen-bond donors (Lipinski definition) is 2. The van der Waals surface area contributed by atoms with E-state index >= 15 is 0 Å². The number of fused-ring (bicyclic) bond motifs is 4. The highest BCUT2D eigenvalue weighted by Gasteiger charge is 2.44. The summed E-state index contributed by atoms with van der Waals surface area (Å²) in [5.74, 6) is 0.333. The lowest BCUT2D eigenvalue weighted by molar-refractivity contribution is 0.0177. The number of amides is 1. The Morgan fingerprint density at radius 2 is 1.93 bits per heavy atom. The molecule has 0 saturated heterocycles. The van der Waals surface area contributed by atoms with Crippen LogP contribution in [0.25, 0.3) is 0 Å². The van der Waals surface area contributed by atoms with Crippen LogP contribution >= 0.6 is 11.6 Å². The van der Waals surface area contributed by atoms with Crippen LogP contribution in [-0.4, -0.2) is 50.5 Å². The molecule has 2 aromatic rings. The lowest BCUT2D eigenvalue weighted by atomic mass is 9.68. The summed E-state index contributed by atoms with van der Waals surface area (Å²) in [6.45, 7) is 5.62. The predicted octanol–water partition coefficient (Wildman–Crippen LogP) is 5.63. The summed E-state index contributed by atoms with van der Waals surface area (Å²) in [4.78, 5) is 15.7. The summed E-state index contributed by atoms with van der Waals surface area (Å²) >= 11 is 6.39. The van der Waals surface area contributed by atoms with E-state index in [1.54, 1.807) is 18.2 Å². The molecule has 1 saturated carbocycles. The van der Waals surface area contributed by atoms with Crippen molar-refractivity contribution in [2.24, 2.45) is 17.8 Å². The number of carbonyl (C=O) groups excluding carboxylic acids is 1. The van der Waals surface area contributed by atoms with Crippen molar-refractivity contribution < 1.29 is 23.1 Å². The largest absolute Gasteiger partial charge is 0.490 e. The lowest BCUT2D eigenvalue weighted by Gasteiger charge is -2.45. The summed E-state index contributed by atoms with van der Waals surface area (Å²) in [7, 11) is -3.94. The van der Waals surface area contributed by atoms with Gasteiger partial charge >= 0.3 is 0 Å². The number of aryl methyl sites for hydroxylation is 1. The number of hydrogen-bond acceptors (Lipinski definition) is 6. The number of sulfonamides is 1. The fourth-order valence-corrected chi connectivity index (χ4v) is 9.33. The minimum absolute atomic E-state index is 0.166. The van der Waals surface area contributed by atoms with Gasteiger partial charge in [-0.1, -0.05) is 43.7 Å². The number of halogens is 1. The number of carbonyl (C=O) groups is 1. The van der Waals surface area contributed by atoms with E-state index in [1.165, 1.54) is 11.1 Å². The third-order valence-electron chi connectivity index (χ3n) is 10.0. The van der Waals surface area contributed by atoms with Gasteiger partial charge < -0.3 is 14.7 Å². The standard InChI is InChI=1S/C33H41ClN2O5S/c1-21(2)31-8-4-3-7-29(37)26-12-9-24(26)18-36-19-33(15-5-6-22-16-25(34)11-13-27(22)33)20-41-30-14-10-23(17-28(30)36)32(38)35-42(31,39)40/h3-4,10-11,13-14,16-17,21,24,26,29,31,37H,5-9,12,15,18-20H2,1-2H3,(H,35,38)/t24-,26+,29+,31+,33-/m0/s1. The van der Waals surface area contributed by atoms with E-state index < -0.39 is 27.3 Å². The molecule has 2 aliphatic carbocycles. The number of allylic oxidation sites excluding steroid dienone is 1. The van der Waals surface area contributed by atoms with E-state index in [4.69, 9.17) is 16.3 Å². The van der Waals surface area contributed by atoms with Crippen molar-refractivity contribution in [1.82, 2.24) is 4.72 Å². The monoisotopic (exact) mass is 612 g/mol. The van der Waals surface area contributed by atoms with Gasteiger partial charge in [0.05, 0.1) is 23.6 Å². The van der Waals surface area contributed by atoms with Crippen LogP contribution in [0.3, 0.4) is 0 Å². The SMILES string of the molecule is CC(C)[C@H]1CC=CC[C@@H](O)[C@@H]2CC[C@H]2CN2C[C@@]3(CCCc4cc(Cl)ccc43)COc3ccc(cc32)C(=O)NS1(=O)=O. The van der Waals surface area contributed by atoms with E-state index in [2.05, 4.69) is 21.8 Å². The van der Waals surface area contributed by atoms with Crippen LogP contribution in [0.15, 0.2) is 48.6 Å². The van der Waals surface area contributed by atoms with Gasteiger partial charge in [-0.3, -0.25) is 4.79 Å². The minimum Gasteiger partial charge on any atom is -0.490 e. The molecule has 2 aromatic carbocycles. The van der Waals surface area contributed by atoms with Crippen LogP contribution in [0.1, 0.15) is 73.9 Å². The summed E-state index contributed by atoms with van der Waals surface area (Å²) in [6, 6.07) is 11.4. The van der Waals surface area contributed by atoms with Crippen molar-refractivity contribution in [1.29, 1.82) is 0 Å². The summed E-state index contributed by atoms with van der Waals surface area (Å²) in [6.07, 6.45) is 9.00. The molecule has 2 aliphatic heterocycles. The van der Waals surface area contributed by atoms with Crippen molar-refractivity contribution in [3.05, 3.63) is 70.3 Å². The molecule has 1 fully saturated rings. The second-order valence-corrected chi connectivity index (χ2v) is 15.4. The minimum atomic E-state index is -3.94. The quantitative estimate of drug-likeness (QED) is 0.405. The zero-order chi connectivity index (χ0) is 29.6. The normalized spacial score (nSPS) is 30.9. The van der Waals surface area contributed by atoms with Gasteiger partial charge in [0.25, 0.3) is 5.91 Å². The number of nitrogens with zero attached hydrogens (tertiary/aromatic N) is 1. The zero-order valence-electron chi connectivity index (χ0n) is 24.4. The first-order chi connectivity index (χ1) is 20.1. The molecule has 2 N–H and O–H groups in total. The molecule has 226 valence electrons. The van der Waals surface area contributed by atoms with Gasteiger partial charge in [0.15, 0.2) is 0 Å². The Labute approximate surface area is 254 Å². The maximum atomic E-state index is 13.4. The molecule has 42 heavy (non-hydrogen) atoms. The molecular formula is C33H41ClN2O5S. The number of nitrogens with one attached hydrogen (secondary N) is 1. The first-order valence-corrected chi connectivity index (χ1v) is 17.2. The Morgan fingerprint density at radius 3 is 2.69 bits per heavy atom. The summed E-state index contributed by atoms with van der Waals surface area (Å²) in [5, 5.41) is 11.1. The van der Waals surface area contributed by atoms with Gasteiger partial charge in [-0.05, 0) is 104 Å². The van der Waals surface area contributed by atoms with Gasteiger partial charge in [-0.2, -0.15) is 0 Å². The fraction of sp³-hybridized carbons (Fsp3) is 0.545. The van der Waals surface area contributed by atoms with Crippen molar-refractivity contribution in [3.8, 4) is 5.75 Å². The summed E-state index contributed by atoms with van der Waals surface area (Å²) < 4.78 is 35.6. The Hall–Kier alpha value is -2.55. The molecule has 0 aromatic heterocycles. The van der Waals surface area contributed by atoms with E-state index in [9.17, 15) is 18.3 Å². The third-order valence-corrected chi connectivity index (χ3v) is 12.3. The number of aliphatic hydroxyl groups excluding tert-OH is 1. The van der Waals surface area contributed by atoms with Crippen molar-refractivity contribution in [2.75, 3.05) is 24.6 Å². The van der Waals surface area contributed by atoms with Crippen LogP contribution in [0.4, 0.5) is 5.69 Å². The maximum Gasteiger partial charge on any atom is 0.264 e. The topological polar surface area (TPSA) is 95.9 Å². The molecule has 2 heterocycles. The van der Waals surface area contributed by atoms with Crippen LogP contribution in [0.2, 0.25) is 5.02 Å². The molecule has 5 atom stereocenters. The molecule has 2 bridgehead atoms. The summed E-state index contributed by atoms with van der Waals surface area (Å²) in [5.41, 5.74) is 3.34. The van der Waals surface area contributed by atoms with E-state index in [0.29, 0.717) is 31.2 Å². The number of anilines is 1. The van der Waals surface area contributed by atoms with Crippen LogP contribution < -0.4 is 14.4 Å². The Balaban J connectivity index is 1.42. The van der Waals surface area contributed by atoms with Crippen molar-refractivity contribution in [3.63, 3.8) is 0 Å². The van der Waals surface area contributed by atoms with E-state index in [-0.39, 0.29) is 29.2 Å². The Bertz CT molecular complexity index is 1490. The lowest BCUT2D eigenvalue weighted by Crippen LogP contribution is -2.49. The Kier molecular flexibility index (Phi) is 8.09. The first kappa shape index (κ1) is 29.5. The van der Waals surface area contributed by atoms with Crippen LogP contribution in [0.5, 0.6) is 5.75 Å². The van der Waals surface area contributed by atoms with E-state index in [0.717, 1.165) is 49.4 Å². The molecule has 0 unspecified atom stereocenters. The van der Waals surface area contributed by atoms with Crippen LogP contribution in [-0.2, 0) is 21.9 Å². The number of rotatable bonds is 1. The van der Waals surface area contributed by atoms with Gasteiger partial charge in [0, 0.05) is 29.1 Å². The van der Waals surface area contributed by atoms with Gasteiger partial charge in [-0.15, -0.1) is 0 Å². The fourth-order valence-electron chi connectivity index (χ4n) is 7.53. The molecular weight excluding hydrogens is 572 g/mol. The van der Waals surface area contributed by atoms with Gasteiger partial charge in [-0.25, -0.2) is 13.1 Å². The van der Waals surface area contributed by atoms with Crippen molar-refractivity contribution >= 4 is 33.2 Å². The second-order valence-electron chi connectivity index (χ2n) is 13.1. The zero-order valence-corrected chi connectivity index (χ0v) is 26.0. The molecule has 4 aliphatic rings. The highest BCUT2D eigenvalue weighted by atomic mass is 35.5. The molecule has 0 radical (unpaired) electrons. The molecule has 9 heteroatoms. The Morgan fingerprint density at radius 1 is 1.12 bits per heavy atom. The molecule has 7 nitrogen and oxygen atoms in total. The maximum absolute atomic E-state index is 13.4. The smallest absolute Gasteiger partial charge is 0.264 e. The predicted molar refractivity (Wildman–Crippen MR) is 166 cm³/mol. The molecule has 1 spiro atoms. The highest BCUT2D eigenvalue weighted by Crippen LogP contribution is 2.47. The number of benzene rings is 2. The van der Waals surface area contributed by atoms with E-state index in [1.807, 2.05) is 32.1 Å². The average molecular weight is 613 g/mol. The second kappa shape index (κ2) is 11.5. The number of ether oxygens (including phenoxy) is 1. The molecule has 6 rings (SSSR count). The molecule has 1 amide bonds. The highest BCUT2D eigenvalue weighted by molar-refractivity contribution is 7.90. The van der Waals surface area contributed by atoms with Crippen molar-refractivity contribution in [2.45, 2.75) is 75.6 Å².